The molecule has 0 bridgehead atoms. The zero-order chi connectivity index (χ0) is 15.4. The van der Waals surface area contributed by atoms with Gasteiger partial charge in [-0.3, -0.25) is 10.1 Å². The highest BCUT2D eigenvalue weighted by atomic mass is 16.5. The highest BCUT2D eigenvalue weighted by Gasteiger charge is 2.26. The zero-order valence-corrected chi connectivity index (χ0v) is 13.2. The van der Waals surface area contributed by atoms with E-state index in [0.29, 0.717) is 13.2 Å². The van der Waals surface area contributed by atoms with E-state index in [4.69, 9.17) is 9.47 Å². The Kier molecular flexibility index (Phi) is 5.07. The first-order chi connectivity index (χ1) is 10.1. The van der Waals surface area contributed by atoms with Gasteiger partial charge < -0.3 is 14.4 Å². The molecule has 1 aromatic rings. The van der Waals surface area contributed by atoms with Crippen molar-refractivity contribution in [3.05, 3.63) is 23.8 Å². The van der Waals surface area contributed by atoms with Crippen LogP contribution in [0.4, 0.5) is 0 Å². The molecule has 1 aliphatic heterocycles. The first-order valence-electron chi connectivity index (χ1n) is 7.38. The van der Waals surface area contributed by atoms with Crippen LogP contribution in [0.5, 0.6) is 11.5 Å². The van der Waals surface area contributed by atoms with Gasteiger partial charge in [0.1, 0.15) is 11.5 Å². The van der Waals surface area contributed by atoms with E-state index in [0.717, 1.165) is 23.5 Å². The summed E-state index contributed by atoms with van der Waals surface area (Å²) in [4.78, 5) is 13.9. The van der Waals surface area contributed by atoms with Crippen LogP contribution in [0.25, 0.3) is 0 Å². The van der Waals surface area contributed by atoms with Crippen LogP contribution in [-0.4, -0.2) is 44.2 Å². The molecule has 2 unspecified atom stereocenters. The molecule has 1 aromatic carbocycles. The Bertz CT molecular complexity index is 504. The van der Waals surface area contributed by atoms with E-state index in [2.05, 4.69) is 5.32 Å². The lowest BCUT2D eigenvalue weighted by atomic mass is 9.99. The Morgan fingerprint density at radius 2 is 2.33 bits per heavy atom. The third-order valence-corrected chi connectivity index (χ3v) is 3.93. The topological polar surface area (TPSA) is 50.8 Å². The Labute approximate surface area is 126 Å². The number of nitrogens with one attached hydrogen (secondary N) is 1. The van der Waals surface area contributed by atoms with Gasteiger partial charge in [-0.25, -0.2) is 0 Å². The van der Waals surface area contributed by atoms with E-state index >= 15 is 0 Å². The van der Waals surface area contributed by atoms with Crippen molar-refractivity contribution in [3.63, 3.8) is 0 Å². The highest BCUT2D eigenvalue weighted by Crippen LogP contribution is 2.35. The average molecular weight is 292 g/mol. The molecular formula is C16H24N2O3. The maximum absolute atomic E-state index is 12.2. The largest absolute Gasteiger partial charge is 0.497 e. The van der Waals surface area contributed by atoms with Crippen LogP contribution in [-0.2, 0) is 4.79 Å². The molecule has 0 aromatic heterocycles. The van der Waals surface area contributed by atoms with E-state index in [1.165, 1.54) is 0 Å². The summed E-state index contributed by atoms with van der Waals surface area (Å²) in [5.41, 5.74) is 1.06. The van der Waals surface area contributed by atoms with E-state index < -0.39 is 0 Å². The molecule has 0 radical (unpaired) electrons. The molecule has 0 spiro atoms. The maximum atomic E-state index is 12.2. The first-order valence-corrected chi connectivity index (χ1v) is 7.38. The average Bonchev–Trinajstić information content (AvgIpc) is 2.53. The Morgan fingerprint density at radius 1 is 1.57 bits per heavy atom. The van der Waals surface area contributed by atoms with E-state index in [-0.39, 0.29) is 18.0 Å². The lowest BCUT2D eigenvalue weighted by molar-refractivity contribution is -0.131. The van der Waals surface area contributed by atoms with Gasteiger partial charge in [-0.05, 0) is 32.0 Å². The second-order valence-electron chi connectivity index (χ2n) is 5.33. The SMILES string of the molecule is CCN(C)C(=O)C(C)NC1CCOc2ccc(OC)cc21. The number of likely N-dealkylation sites (N-methyl/N-ethyl adjacent to an activating group) is 1. The highest BCUT2D eigenvalue weighted by molar-refractivity contribution is 5.81. The molecule has 1 amide bonds. The van der Waals surface area contributed by atoms with E-state index in [9.17, 15) is 4.79 Å². The molecule has 0 fully saturated rings. The third kappa shape index (κ3) is 3.47. The fourth-order valence-electron chi connectivity index (χ4n) is 2.53. The quantitative estimate of drug-likeness (QED) is 0.901. The van der Waals surface area contributed by atoms with Crippen LogP contribution in [0.3, 0.4) is 0 Å². The van der Waals surface area contributed by atoms with Crippen molar-refractivity contribution < 1.29 is 14.3 Å². The normalized spacial score (nSPS) is 18.4. The number of hydrogen-bond acceptors (Lipinski definition) is 4. The van der Waals surface area contributed by atoms with Crippen LogP contribution >= 0.6 is 0 Å². The van der Waals surface area contributed by atoms with Gasteiger partial charge in [-0.1, -0.05) is 0 Å². The van der Waals surface area contributed by atoms with Crippen molar-refractivity contribution in [3.8, 4) is 11.5 Å². The number of methoxy groups -OCH3 is 1. The third-order valence-electron chi connectivity index (χ3n) is 3.93. The van der Waals surface area contributed by atoms with Gasteiger partial charge in [0.15, 0.2) is 0 Å². The predicted octanol–water partition coefficient (Wildman–Crippen LogP) is 1.98. The molecule has 2 atom stereocenters. The number of benzene rings is 1. The maximum Gasteiger partial charge on any atom is 0.239 e. The monoisotopic (exact) mass is 292 g/mol. The molecule has 1 aliphatic rings. The number of carbonyl (C=O) groups excluding carboxylic acids is 1. The molecule has 0 saturated carbocycles. The van der Waals surface area contributed by atoms with Gasteiger partial charge in [0.05, 0.1) is 19.8 Å². The summed E-state index contributed by atoms with van der Waals surface area (Å²) in [5, 5.41) is 3.41. The number of amides is 1. The van der Waals surface area contributed by atoms with Gasteiger partial charge in [0.25, 0.3) is 0 Å². The number of fused-ring (bicyclic) bond motifs is 1. The Morgan fingerprint density at radius 3 is 3.00 bits per heavy atom. The van der Waals surface area contributed by atoms with Gasteiger partial charge >= 0.3 is 0 Å². The van der Waals surface area contributed by atoms with Crippen LogP contribution in [0.15, 0.2) is 18.2 Å². The Balaban J connectivity index is 2.14. The molecule has 5 nitrogen and oxygen atoms in total. The molecule has 5 heteroatoms. The van der Waals surface area contributed by atoms with Crippen LogP contribution in [0, 0.1) is 0 Å². The lowest BCUT2D eigenvalue weighted by Crippen LogP contribution is -2.45. The summed E-state index contributed by atoms with van der Waals surface area (Å²) in [6.45, 7) is 5.24. The van der Waals surface area contributed by atoms with Crippen LogP contribution < -0.4 is 14.8 Å². The minimum atomic E-state index is -0.225. The van der Waals surface area contributed by atoms with E-state index in [1.54, 1.807) is 12.0 Å². The van der Waals surface area contributed by atoms with Crippen molar-refractivity contribution in [1.29, 1.82) is 0 Å². The minimum Gasteiger partial charge on any atom is -0.497 e. The predicted molar refractivity (Wildman–Crippen MR) is 81.8 cm³/mol. The van der Waals surface area contributed by atoms with Crippen LogP contribution in [0.1, 0.15) is 31.9 Å². The summed E-state index contributed by atoms with van der Waals surface area (Å²) >= 11 is 0. The molecule has 116 valence electrons. The van der Waals surface area contributed by atoms with Crippen molar-refractivity contribution in [1.82, 2.24) is 10.2 Å². The first kappa shape index (κ1) is 15.6. The number of hydrogen-bond donors (Lipinski definition) is 1. The van der Waals surface area contributed by atoms with Crippen LogP contribution in [0.2, 0.25) is 0 Å². The van der Waals surface area contributed by atoms with Crippen molar-refractivity contribution >= 4 is 5.91 Å². The van der Waals surface area contributed by atoms with Gasteiger partial charge in [-0.2, -0.15) is 0 Å². The van der Waals surface area contributed by atoms with Gasteiger partial charge in [0.2, 0.25) is 5.91 Å². The lowest BCUT2D eigenvalue weighted by Gasteiger charge is -2.30. The smallest absolute Gasteiger partial charge is 0.239 e. The van der Waals surface area contributed by atoms with Gasteiger partial charge in [-0.15, -0.1) is 0 Å². The fourth-order valence-corrected chi connectivity index (χ4v) is 2.53. The van der Waals surface area contributed by atoms with E-state index in [1.807, 2.05) is 39.1 Å². The number of ether oxygens (including phenoxy) is 2. The summed E-state index contributed by atoms with van der Waals surface area (Å²) in [7, 11) is 3.47. The second kappa shape index (κ2) is 6.80. The van der Waals surface area contributed by atoms with Crippen molar-refractivity contribution in [2.24, 2.45) is 0 Å². The second-order valence-corrected chi connectivity index (χ2v) is 5.33. The molecule has 0 aliphatic carbocycles. The zero-order valence-electron chi connectivity index (χ0n) is 13.2. The molecule has 0 saturated heterocycles. The number of nitrogens with zero attached hydrogens (tertiary/aromatic N) is 1. The summed E-state index contributed by atoms with van der Waals surface area (Å²) in [6.07, 6.45) is 0.841. The van der Waals surface area contributed by atoms with Crippen molar-refractivity contribution in [2.75, 3.05) is 27.3 Å². The number of rotatable bonds is 5. The minimum absolute atomic E-state index is 0.105. The fraction of sp³-hybridized carbons (Fsp3) is 0.562. The summed E-state index contributed by atoms with van der Waals surface area (Å²) in [6, 6.07) is 5.67. The molecular weight excluding hydrogens is 268 g/mol. The molecule has 1 heterocycles. The Hall–Kier alpha value is -1.75. The summed E-state index contributed by atoms with van der Waals surface area (Å²) < 4.78 is 11.0. The number of carbonyl (C=O) groups is 1. The van der Waals surface area contributed by atoms with Gasteiger partial charge in [0, 0.05) is 31.6 Å². The molecule has 1 N–H and O–H groups in total. The standard InChI is InChI=1S/C16H24N2O3/c1-5-18(3)16(19)11(2)17-14-8-9-21-15-7-6-12(20-4)10-13(14)15/h6-7,10-11,14,17H,5,8-9H2,1-4H3. The molecule has 2 rings (SSSR count). The van der Waals surface area contributed by atoms with Crippen molar-refractivity contribution in [2.45, 2.75) is 32.4 Å². The molecule has 21 heavy (non-hydrogen) atoms. The summed E-state index contributed by atoms with van der Waals surface area (Å²) in [5.74, 6) is 1.77.